The number of nitrogens with one attached hydrogen (secondary N) is 1. The maximum atomic E-state index is 11.2. The van der Waals surface area contributed by atoms with Crippen LogP contribution in [0.2, 0.25) is 0 Å². The van der Waals surface area contributed by atoms with Gasteiger partial charge in [-0.3, -0.25) is 4.79 Å². The van der Waals surface area contributed by atoms with Crippen molar-refractivity contribution in [1.29, 1.82) is 0 Å². The number of hydrogen-bond acceptors (Lipinski definition) is 2. The average molecular weight is 177 g/mol. The van der Waals surface area contributed by atoms with E-state index in [0.717, 1.165) is 25.8 Å². The number of halogens is 1. The molecule has 1 aliphatic heterocycles. The third kappa shape index (κ3) is 1.12. The maximum Gasteiger partial charge on any atom is 0.226 e. The van der Waals surface area contributed by atoms with Crippen molar-refractivity contribution in [2.24, 2.45) is 11.1 Å². The largest absolute Gasteiger partial charge is 0.356 e. The van der Waals surface area contributed by atoms with Gasteiger partial charge >= 0.3 is 0 Å². The maximum absolute atomic E-state index is 11.2. The van der Waals surface area contributed by atoms with Gasteiger partial charge in [0.05, 0.1) is 5.41 Å². The third-order valence-corrected chi connectivity index (χ3v) is 2.68. The fourth-order valence-corrected chi connectivity index (χ4v) is 2.05. The smallest absolute Gasteiger partial charge is 0.226 e. The van der Waals surface area contributed by atoms with E-state index in [0.29, 0.717) is 0 Å². The molecule has 0 aromatic rings. The summed E-state index contributed by atoms with van der Waals surface area (Å²) in [5.41, 5.74) is 5.59. The van der Waals surface area contributed by atoms with E-state index in [1.807, 2.05) is 0 Å². The first kappa shape index (κ1) is 8.81. The van der Waals surface area contributed by atoms with Crippen LogP contribution in [-0.4, -0.2) is 18.5 Å². The summed E-state index contributed by atoms with van der Waals surface area (Å²) in [6.07, 6.45) is 2.80. The normalized spacial score (nSPS) is 41.2. The molecule has 0 atom stereocenters. The highest BCUT2D eigenvalue weighted by Gasteiger charge is 2.50. The third-order valence-electron chi connectivity index (χ3n) is 2.68. The topological polar surface area (TPSA) is 55.1 Å². The van der Waals surface area contributed by atoms with Gasteiger partial charge in [0.2, 0.25) is 5.91 Å². The highest BCUT2D eigenvalue weighted by atomic mass is 35.5. The predicted molar refractivity (Wildman–Crippen MR) is 44.5 cm³/mol. The first-order valence-electron chi connectivity index (χ1n) is 3.77. The van der Waals surface area contributed by atoms with Crippen molar-refractivity contribution >= 4 is 18.3 Å². The van der Waals surface area contributed by atoms with Crippen molar-refractivity contribution in [1.82, 2.24) is 5.32 Å². The van der Waals surface area contributed by atoms with Crippen LogP contribution < -0.4 is 11.1 Å². The summed E-state index contributed by atoms with van der Waals surface area (Å²) in [7, 11) is 0. The Morgan fingerprint density at radius 1 is 1.55 bits per heavy atom. The Labute approximate surface area is 72.1 Å². The number of hydrogen-bond donors (Lipinski definition) is 2. The molecular weight excluding hydrogens is 164 g/mol. The molecule has 0 unspecified atom stereocenters. The van der Waals surface area contributed by atoms with Gasteiger partial charge in [-0.1, -0.05) is 0 Å². The van der Waals surface area contributed by atoms with Crippen LogP contribution in [0.3, 0.4) is 0 Å². The van der Waals surface area contributed by atoms with E-state index >= 15 is 0 Å². The predicted octanol–water partition coefficient (Wildman–Crippen LogP) is 0.0356. The Morgan fingerprint density at radius 2 is 2.18 bits per heavy atom. The molecule has 1 saturated heterocycles. The molecule has 1 amide bonds. The molecule has 4 heteroatoms. The van der Waals surface area contributed by atoms with Crippen molar-refractivity contribution < 1.29 is 4.79 Å². The van der Waals surface area contributed by atoms with Crippen LogP contribution in [0.1, 0.15) is 19.3 Å². The fraction of sp³-hybridized carbons (Fsp3) is 0.857. The second-order valence-electron chi connectivity index (χ2n) is 3.45. The summed E-state index contributed by atoms with van der Waals surface area (Å²) in [6.45, 7) is 0.853. The SMILES string of the molecule is Cl.NC1CC2(CCNC2=O)C1. The zero-order chi connectivity index (χ0) is 7.19. The van der Waals surface area contributed by atoms with E-state index in [4.69, 9.17) is 5.73 Å². The molecule has 1 heterocycles. The number of rotatable bonds is 0. The van der Waals surface area contributed by atoms with E-state index < -0.39 is 0 Å². The lowest BCUT2D eigenvalue weighted by atomic mass is 9.65. The second kappa shape index (κ2) is 2.64. The molecular formula is C7H13ClN2O. The quantitative estimate of drug-likeness (QED) is 0.548. The van der Waals surface area contributed by atoms with Crippen molar-refractivity contribution in [2.75, 3.05) is 6.54 Å². The van der Waals surface area contributed by atoms with E-state index in [2.05, 4.69) is 5.32 Å². The molecule has 2 aliphatic rings. The van der Waals surface area contributed by atoms with Crippen LogP contribution in [0.15, 0.2) is 0 Å². The summed E-state index contributed by atoms with van der Waals surface area (Å²) in [6, 6.07) is 0.281. The fourth-order valence-electron chi connectivity index (χ4n) is 2.05. The standard InChI is InChI=1S/C7H12N2O.ClH/c8-5-3-7(4-5)1-2-9-6(7)10;/h5H,1-4,8H2,(H,9,10);1H. The minimum absolute atomic E-state index is 0. The monoisotopic (exact) mass is 176 g/mol. The second-order valence-corrected chi connectivity index (χ2v) is 3.45. The van der Waals surface area contributed by atoms with E-state index in [1.54, 1.807) is 0 Å². The Bertz CT molecular complexity index is 177. The molecule has 2 fully saturated rings. The van der Waals surface area contributed by atoms with Gasteiger partial charge in [-0.2, -0.15) is 0 Å². The van der Waals surface area contributed by atoms with Crippen molar-refractivity contribution in [3.63, 3.8) is 0 Å². The molecule has 0 aromatic heterocycles. The van der Waals surface area contributed by atoms with Gasteiger partial charge in [-0.15, -0.1) is 12.4 Å². The molecule has 1 saturated carbocycles. The lowest BCUT2D eigenvalue weighted by Crippen LogP contribution is -2.50. The zero-order valence-electron chi connectivity index (χ0n) is 6.30. The number of amides is 1. The van der Waals surface area contributed by atoms with Crippen LogP contribution in [0, 0.1) is 5.41 Å². The average Bonchev–Trinajstić information content (AvgIpc) is 2.12. The number of carbonyl (C=O) groups is 1. The number of carbonyl (C=O) groups excluding carboxylic acids is 1. The van der Waals surface area contributed by atoms with Crippen LogP contribution in [0.5, 0.6) is 0 Å². The molecule has 0 aromatic carbocycles. The molecule has 0 radical (unpaired) electrons. The molecule has 11 heavy (non-hydrogen) atoms. The summed E-state index contributed by atoms with van der Waals surface area (Å²) >= 11 is 0. The first-order valence-corrected chi connectivity index (χ1v) is 3.77. The van der Waals surface area contributed by atoms with E-state index in [9.17, 15) is 4.79 Å². The highest BCUT2D eigenvalue weighted by Crippen LogP contribution is 2.45. The van der Waals surface area contributed by atoms with Crippen LogP contribution >= 0.6 is 12.4 Å². The minimum Gasteiger partial charge on any atom is -0.356 e. The Morgan fingerprint density at radius 3 is 2.55 bits per heavy atom. The molecule has 64 valence electrons. The van der Waals surface area contributed by atoms with Gasteiger partial charge in [0, 0.05) is 12.6 Å². The van der Waals surface area contributed by atoms with Crippen molar-refractivity contribution in [3.05, 3.63) is 0 Å². The van der Waals surface area contributed by atoms with E-state index in [1.165, 1.54) is 0 Å². The number of nitrogens with two attached hydrogens (primary N) is 1. The molecule has 2 rings (SSSR count). The van der Waals surface area contributed by atoms with E-state index in [-0.39, 0.29) is 29.8 Å². The molecule has 3 nitrogen and oxygen atoms in total. The molecule has 1 spiro atoms. The summed E-state index contributed by atoms with van der Waals surface area (Å²) in [4.78, 5) is 11.2. The lowest BCUT2D eigenvalue weighted by molar-refractivity contribution is -0.132. The summed E-state index contributed by atoms with van der Waals surface area (Å²) in [5.74, 6) is 0.231. The molecule has 3 N–H and O–H groups in total. The lowest BCUT2D eigenvalue weighted by Gasteiger charge is -2.40. The Balaban J connectivity index is 0.000000605. The van der Waals surface area contributed by atoms with Gasteiger partial charge in [0.15, 0.2) is 0 Å². The van der Waals surface area contributed by atoms with Crippen molar-refractivity contribution in [3.8, 4) is 0 Å². The van der Waals surface area contributed by atoms with Crippen LogP contribution in [0.25, 0.3) is 0 Å². The van der Waals surface area contributed by atoms with Gasteiger partial charge < -0.3 is 11.1 Å². The minimum atomic E-state index is -0.0284. The van der Waals surface area contributed by atoms with Gasteiger partial charge in [-0.25, -0.2) is 0 Å². The molecule has 0 bridgehead atoms. The van der Waals surface area contributed by atoms with Gasteiger partial charge in [0.1, 0.15) is 0 Å². The van der Waals surface area contributed by atoms with Crippen LogP contribution in [-0.2, 0) is 4.79 Å². The van der Waals surface area contributed by atoms with Crippen molar-refractivity contribution in [2.45, 2.75) is 25.3 Å². The summed E-state index contributed by atoms with van der Waals surface area (Å²) in [5, 5.41) is 2.84. The molecule has 1 aliphatic carbocycles. The van der Waals surface area contributed by atoms with Gasteiger partial charge in [-0.05, 0) is 19.3 Å². The van der Waals surface area contributed by atoms with Crippen LogP contribution in [0.4, 0.5) is 0 Å². The Hall–Kier alpha value is -0.280. The summed E-state index contributed by atoms with van der Waals surface area (Å²) < 4.78 is 0. The Kier molecular flexibility index (Phi) is 2.12. The van der Waals surface area contributed by atoms with Gasteiger partial charge in [0.25, 0.3) is 0 Å². The highest BCUT2D eigenvalue weighted by molar-refractivity contribution is 5.86. The zero-order valence-corrected chi connectivity index (χ0v) is 7.12. The first-order chi connectivity index (χ1) is 4.73.